The topological polar surface area (TPSA) is 17.8 Å². The van der Waals surface area contributed by atoms with Crippen LogP contribution in [0.1, 0.15) is 0 Å². The van der Waals surface area contributed by atoms with E-state index in [1.54, 1.807) is 0 Å². The van der Waals surface area contributed by atoms with Crippen molar-refractivity contribution in [2.45, 2.75) is 0 Å². The fourth-order valence-corrected chi connectivity index (χ4v) is 10.4. The molecule has 0 aliphatic heterocycles. The lowest BCUT2D eigenvalue weighted by Crippen LogP contribution is -1.95. The predicted molar refractivity (Wildman–Crippen MR) is 268 cm³/mol. The number of hydrogen-bond acceptors (Lipinski definition) is 1. The number of benzene rings is 11. The second kappa shape index (κ2) is 14.1. The molecule has 0 aliphatic carbocycles. The SMILES string of the molecule is c1ccc(-c2nc3c(-c4ccc(-c5c6ccccc6c(-c6ccc7ccccc7c6)c6ccccc56)cc4)cccc3c3ccc4c(c5ccccc5n4-c4ccccc4)c23)cc1. The zero-order valence-corrected chi connectivity index (χ0v) is 34.3. The van der Waals surface area contributed by atoms with E-state index in [9.17, 15) is 0 Å². The largest absolute Gasteiger partial charge is 0.309 e. The van der Waals surface area contributed by atoms with Gasteiger partial charge in [0.1, 0.15) is 0 Å². The highest BCUT2D eigenvalue weighted by molar-refractivity contribution is 6.29. The molecule has 0 N–H and O–H groups in total. The molecule has 2 heteroatoms. The predicted octanol–water partition coefficient (Wildman–Crippen LogP) is 16.6. The number of pyridine rings is 1. The summed E-state index contributed by atoms with van der Waals surface area (Å²) in [6.45, 7) is 0. The van der Waals surface area contributed by atoms with E-state index in [4.69, 9.17) is 4.98 Å². The molecule has 0 unspecified atom stereocenters. The number of aromatic nitrogens is 2. The van der Waals surface area contributed by atoms with Crippen LogP contribution in [0.15, 0.2) is 231 Å². The van der Waals surface area contributed by atoms with Crippen molar-refractivity contribution in [2.24, 2.45) is 0 Å². The van der Waals surface area contributed by atoms with Crippen LogP contribution in [0.5, 0.6) is 0 Å². The van der Waals surface area contributed by atoms with E-state index in [2.05, 4.69) is 235 Å². The molecule has 13 rings (SSSR count). The van der Waals surface area contributed by atoms with Crippen molar-refractivity contribution in [3.8, 4) is 50.3 Å². The highest BCUT2D eigenvalue weighted by Crippen LogP contribution is 2.46. The Morgan fingerprint density at radius 3 is 1.57 bits per heavy atom. The van der Waals surface area contributed by atoms with E-state index in [1.165, 1.54) is 87.1 Å². The number of rotatable bonds is 5. The van der Waals surface area contributed by atoms with Crippen molar-refractivity contribution in [3.63, 3.8) is 0 Å². The van der Waals surface area contributed by atoms with Gasteiger partial charge in [-0.3, -0.25) is 0 Å². The van der Waals surface area contributed by atoms with Crippen LogP contribution in [0.3, 0.4) is 0 Å². The van der Waals surface area contributed by atoms with Crippen molar-refractivity contribution in [2.75, 3.05) is 0 Å². The van der Waals surface area contributed by atoms with Gasteiger partial charge in [0.05, 0.1) is 22.2 Å². The molecule has 0 bridgehead atoms. The number of hydrogen-bond donors (Lipinski definition) is 0. The molecule has 2 heterocycles. The summed E-state index contributed by atoms with van der Waals surface area (Å²) in [6, 6.07) is 84.0. The summed E-state index contributed by atoms with van der Waals surface area (Å²) in [5.74, 6) is 0. The molecule has 0 saturated carbocycles. The summed E-state index contributed by atoms with van der Waals surface area (Å²) < 4.78 is 2.39. The third-order valence-corrected chi connectivity index (χ3v) is 13.1. The Bertz CT molecular complexity index is 3880. The molecule has 0 saturated heterocycles. The molecule has 0 spiro atoms. The fraction of sp³-hybridized carbons (Fsp3) is 0. The second-order valence-electron chi connectivity index (χ2n) is 16.6. The van der Waals surface area contributed by atoms with Crippen LogP contribution in [-0.2, 0) is 0 Å². The molecule has 0 amide bonds. The number of fused-ring (bicyclic) bond motifs is 10. The monoisotopic (exact) mass is 798 g/mol. The van der Waals surface area contributed by atoms with Gasteiger partial charge in [0, 0.05) is 38.4 Å². The van der Waals surface area contributed by atoms with Crippen LogP contribution >= 0.6 is 0 Å². The summed E-state index contributed by atoms with van der Waals surface area (Å²) in [4.78, 5) is 5.70. The Morgan fingerprint density at radius 1 is 0.302 bits per heavy atom. The lowest BCUT2D eigenvalue weighted by molar-refractivity contribution is 1.18. The zero-order chi connectivity index (χ0) is 41.4. The molecule has 2 nitrogen and oxygen atoms in total. The average Bonchev–Trinajstić information content (AvgIpc) is 3.70. The van der Waals surface area contributed by atoms with Crippen LogP contribution in [-0.4, -0.2) is 9.55 Å². The molecule has 0 fully saturated rings. The Morgan fingerprint density at radius 2 is 0.857 bits per heavy atom. The molecule has 0 aliphatic rings. The molecule has 11 aromatic carbocycles. The van der Waals surface area contributed by atoms with Crippen molar-refractivity contribution in [1.29, 1.82) is 0 Å². The van der Waals surface area contributed by atoms with E-state index >= 15 is 0 Å². The van der Waals surface area contributed by atoms with Crippen LogP contribution in [0, 0.1) is 0 Å². The van der Waals surface area contributed by atoms with Crippen LogP contribution in [0.25, 0.3) is 126 Å². The summed E-state index contributed by atoms with van der Waals surface area (Å²) in [6.07, 6.45) is 0. The molecule has 0 atom stereocenters. The van der Waals surface area contributed by atoms with Crippen molar-refractivity contribution >= 4 is 75.8 Å². The van der Waals surface area contributed by atoms with Gasteiger partial charge in [0.2, 0.25) is 0 Å². The first kappa shape index (κ1) is 35.4. The highest BCUT2D eigenvalue weighted by Gasteiger charge is 2.22. The van der Waals surface area contributed by atoms with E-state index in [0.29, 0.717) is 0 Å². The molecule has 0 radical (unpaired) electrons. The van der Waals surface area contributed by atoms with E-state index in [1.807, 2.05) is 0 Å². The van der Waals surface area contributed by atoms with Gasteiger partial charge < -0.3 is 4.57 Å². The summed E-state index contributed by atoms with van der Waals surface area (Å²) in [7, 11) is 0. The Labute approximate surface area is 364 Å². The van der Waals surface area contributed by atoms with Gasteiger partial charge in [0.15, 0.2) is 0 Å². The van der Waals surface area contributed by atoms with Crippen LogP contribution in [0.4, 0.5) is 0 Å². The standard InChI is InChI=1S/C61H38N2/c1-3-17-42(18-4-1)60-59-51(36-37-55-58(59)53-26-13-14-29-54(53)63(55)45-20-5-2-6-21-45)52-28-15-27-46(61(52)62-60)40-31-33-41(34-32-40)56-47-22-9-11-24-49(47)57(50-25-12-10-23-48(50)56)44-35-30-39-16-7-8-19-43(39)38-44/h1-38H. The van der Waals surface area contributed by atoms with Gasteiger partial charge >= 0.3 is 0 Å². The quantitative estimate of drug-likeness (QED) is 0.125. The summed E-state index contributed by atoms with van der Waals surface area (Å²) >= 11 is 0. The fourth-order valence-electron chi connectivity index (χ4n) is 10.4. The first-order valence-electron chi connectivity index (χ1n) is 21.7. The normalized spacial score (nSPS) is 11.8. The lowest BCUT2D eigenvalue weighted by atomic mass is 9.85. The third kappa shape index (κ3) is 5.48. The van der Waals surface area contributed by atoms with Crippen molar-refractivity contribution in [1.82, 2.24) is 9.55 Å². The summed E-state index contributed by atoms with van der Waals surface area (Å²) in [5.41, 5.74) is 13.8. The maximum atomic E-state index is 5.70. The minimum absolute atomic E-state index is 0.994. The van der Waals surface area contributed by atoms with Crippen molar-refractivity contribution in [3.05, 3.63) is 231 Å². The van der Waals surface area contributed by atoms with E-state index in [0.717, 1.165) is 39.0 Å². The van der Waals surface area contributed by atoms with Gasteiger partial charge in [-0.1, -0.05) is 200 Å². The molecular formula is C61H38N2. The lowest BCUT2D eigenvalue weighted by Gasteiger charge is -2.18. The molecule has 292 valence electrons. The van der Waals surface area contributed by atoms with Gasteiger partial charge in [-0.05, 0) is 95.9 Å². The van der Waals surface area contributed by atoms with Gasteiger partial charge in [-0.15, -0.1) is 0 Å². The van der Waals surface area contributed by atoms with Crippen LogP contribution < -0.4 is 0 Å². The minimum Gasteiger partial charge on any atom is -0.309 e. The van der Waals surface area contributed by atoms with Crippen molar-refractivity contribution < 1.29 is 0 Å². The molecular weight excluding hydrogens is 761 g/mol. The highest BCUT2D eigenvalue weighted by atomic mass is 15.0. The Balaban J connectivity index is 1.02. The van der Waals surface area contributed by atoms with Gasteiger partial charge in [-0.25, -0.2) is 4.98 Å². The molecule has 13 aromatic rings. The third-order valence-electron chi connectivity index (χ3n) is 13.1. The smallest absolute Gasteiger partial charge is 0.0795 e. The van der Waals surface area contributed by atoms with E-state index < -0.39 is 0 Å². The number of nitrogens with zero attached hydrogens (tertiary/aromatic N) is 2. The first-order chi connectivity index (χ1) is 31.3. The first-order valence-corrected chi connectivity index (χ1v) is 21.7. The van der Waals surface area contributed by atoms with Crippen LogP contribution in [0.2, 0.25) is 0 Å². The molecule has 2 aromatic heterocycles. The van der Waals surface area contributed by atoms with Gasteiger partial charge in [0.25, 0.3) is 0 Å². The number of para-hydroxylation sites is 3. The maximum Gasteiger partial charge on any atom is 0.0795 e. The molecule has 63 heavy (non-hydrogen) atoms. The Kier molecular flexibility index (Phi) is 7.94. The maximum absolute atomic E-state index is 5.70. The summed E-state index contributed by atoms with van der Waals surface area (Å²) in [5, 5.41) is 13.5. The Hall–Kier alpha value is -8.33. The van der Waals surface area contributed by atoms with E-state index in [-0.39, 0.29) is 0 Å². The average molecular weight is 799 g/mol. The zero-order valence-electron chi connectivity index (χ0n) is 34.3. The minimum atomic E-state index is 0.994. The van der Waals surface area contributed by atoms with Gasteiger partial charge in [-0.2, -0.15) is 0 Å². The second-order valence-corrected chi connectivity index (χ2v) is 16.6.